The lowest BCUT2D eigenvalue weighted by Gasteiger charge is -2.38. The number of nitrogens with zero attached hydrogens (tertiary/aromatic N) is 10. The van der Waals surface area contributed by atoms with E-state index in [9.17, 15) is 37.8 Å². The van der Waals surface area contributed by atoms with E-state index < -0.39 is 24.5 Å². The molecule has 6 aromatic rings. The van der Waals surface area contributed by atoms with E-state index in [-0.39, 0.29) is 40.5 Å². The van der Waals surface area contributed by atoms with Gasteiger partial charge in [-0.1, -0.05) is 62.0 Å². The number of hydrogen-bond acceptors (Lipinski definition) is 15. The highest BCUT2D eigenvalue weighted by Crippen LogP contribution is 2.37. The fourth-order valence-electron chi connectivity index (χ4n) is 10.8. The molecule has 0 aliphatic carbocycles. The highest BCUT2D eigenvalue weighted by atomic mass is 19.4. The molecule has 9 rings (SSSR count). The first kappa shape index (κ1) is 55.1. The van der Waals surface area contributed by atoms with E-state index in [1.807, 2.05) is 36.3 Å². The Kier molecular flexibility index (Phi) is 17.5. The number of carbonyl (C=O) groups excluding carboxylic acids is 3. The predicted molar refractivity (Wildman–Crippen MR) is 294 cm³/mol. The Morgan fingerprint density at radius 1 is 0.833 bits per heavy atom. The van der Waals surface area contributed by atoms with Crippen LogP contribution >= 0.6 is 0 Å². The molecule has 3 aliphatic heterocycles. The van der Waals surface area contributed by atoms with Gasteiger partial charge in [-0.05, 0) is 85.6 Å². The maximum atomic E-state index is 13.8. The minimum absolute atomic E-state index is 0.0142. The number of Topliss-reactive ketones (excluding diaryl/α,β-unsaturated/α-hetero) is 1. The number of amides is 2. The third kappa shape index (κ3) is 13.2. The fraction of sp³-hybridized carbons (Fsp3) is 0.421. The molecule has 2 aromatic heterocycles. The van der Waals surface area contributed by atoms with Crippen LogP contribution in [0.25, 0.3) is 27.8 Å². The van der Waals surface area contributed by atoms with Gasteiger partial charge in [-0.3, -0.25) is 23.9 Å². The molecule has 412 valence electrons. The molecule has 0 radical (unpaired) electrons. The lowest BCUT2D eigenvalue weighted by Crippen LogP contribution is -2.49. The van der Waals surface area contributed by atoms with E-state index >= 15 is 0 Å². The lowest BCUT2D eigenvalue weighted by atomic mass is 9.96. The first-order valence-corrected chi connectivity index (χ1v) is 26.8. The summed E-state index contributed by atoms with van der Waals surface area (Å²) in [6.07, 6.45) is -0.476. The van der Waals surface area contributed by atoms with E-state index in [4.69, 9.17) is 9.97 Å². The number of anilines is 3. The van der Waals surface area contributed by atoms with Crippen LogP contribution in [0, 0.1) is 5.92 Å². The smallest absolute Gasteiger partial charge is 0.405 e. The number of benzene rings is 4. The maximum absolute atomic E-state index is 13.8. The zero-order valence-corrected chi connectivity index (χ0v) is 44.2. The van der Waals surface area contributed by atoms with Gasteiger partial charge < -0.3 is 45.8 Å². The number of fused-ring (bicyclic) bond motifs is 2. The van der Waals surface area contributed by atoms with E-state index in [2.05, 4.69) is 89.5 Å². The number of aromatic nitrogens is 5. The molecular formula is C57H68F3N13O5. The average molecular weight is 1070 g/mol. The van der Waals surface area contributed by atoms with Crippen molar-refractivity contribution in [2.75, 3.05) is 107 Å². The van der Waals surface area contributed by atoms with Crippen LogP contribution in [0.3, 0.4) is 0 Å². The van der Waals surface area contributed by atoms with Crippen LogP contribution in [0.5, 0.6) is 11.5 Å². The van der Waals surface area contributed by atoms with Crippen LogP contribution < -0.4 is 25.8 Å². The van der Waals surface area contributed by atoms with Gasteiger partial charge >= 0.3 is 6.18 Å². The van der Waals surface area contributed by atoms with Crippen LogP contribution in [0.2, 0.25) is 0 Å². The standard InChI is InChI=1S/C57H68F3N13O5/c1-4-40-32-46(50(76)33-49(40)75)53-66-67-54(55(78)63-37-57(58,59)60)73(53)42-15-13-38(14-16-42)34-68-23-25-69(26-24-68)35-39(17-20-61-3)31-43(74)18-21-62-56-64-47-36-72(48-12-8-10-41-9-6-7-11-44(41)48)22-19-45(47)52(65-56)71-29-27-70(28-30-71)51(77)5-2/h5-16,32-33,39,61,75-76H,2,4,17-31,34-37H2,1,3H3,(H,63,78)(H,62,64,65). The van der Waals surface area contributed by atoms with E-state index in [1.165, 1.54) is 27.5 Å². The number of aryl methyl sites for hydroxylation is 1. The summed E-state index contributed by atoms with van der Waals surface area (Å²) in [4.78, 5) is 60.7. The summed E-state index contributed by atoms with van der Waals surface area (Å²) in [5.41, 5.74) is 5.23. The van der Waals surface area contributed by atoms with Crippen LogP contribution in [-0.2, 0) is 35.5 Å². The Balaban J connectivity index is 0.809. The second kappa shape index (κ2) is 24.8. The summed E-state index contributed by atoms with van der Waals surface area (Å²) in [6.45, 7) is 13.6. The summed E-state index contributed by atoms with van der Waals surface area (Å²) < 4.78 is 40.6. The van der Waals surface area contributed by atoms with Crippen molar-refractivity contribution in [3.8, 4) is 28.6 Å². The molecule has 18 nitrogen and oxygen atoms in total. The molecule has 78 heavy (non-hydrogen) atoms. The summed E-state index contributed by atoms with van der Waals surface area (Å²) in [6, 6.07) is 24.7. The molecular weight excluding hydrogens is 1000 g/mol. The number of halogens is 3. The molecule has 0 bridgehead atoms. The summed E-state index contributed by atoms with van der Waals surface area (Å²) in [7, 11) is 1.92. The van der Waals surface area contributed by atoms with Gasteiger partial charge in [-0.2, -0.15) is 18.2 Å². The first-order valence-electron chi connectivity index (χ1n) is 26.8. The third-order valence-electron chi connectivity index (χ3n) is 14.9. The molecule has 1 unspecified atom stereocenters. The Bertz CT molecular complexity index is 3090. The summed E-state index contributed by atoms with van der Waals surface area (Å²) in [5, 5.41) is 40.2. The van der Waals surface area contributed by atoms with Crippen molar-refractivity contribution < 1.29 is 37.8 Å². The maximum Gasteiger partial charge on any atom is 0.405 e. The van der Waals surface area contributed by atoms with Crippen LogP contribution in [0.15, 0.2) is 91.5 Å². The minimum Gasteiger partial charge on any atom is -0.508 e. The normalized spacial score (nSPS) is 15.8. The summed E-state index contributed by atoms with van der Waals surface area (Å²) in [5.74, 6) is -0.327. The molecule has 2 saturated heterocycles. The number of aromatic hydroxyl groups is 2. The lowest BCUT2D eigenvalue weighted by molar-refractivity contribution is -0.126. The number of phenolic OH excluding ortho intramolecular Hbond substituents is 2. The Morgan fingerprint density at radius 2 is 1.58 bits per heavy atom. The molecule has 0 saturated carbocycles. The van der Waals surface area contributed by atoms with Crippen molar-refractivity contribution in [1.29, 1.82) is 0 Å². The van der Waals surface area contributed by atoms with Crippen molar-refractivity contribution in [2.24, 2.45) is 5.92 Å². The van der Waals surface area contributed by atoms with Crippen LogP contribution in [-0.4, -0.2) is 166 Å². The molecule has 0 spiro atoms. The monoisotopic (exact) mass is 1070 g/mol. The Labute approximate surface area is 452 Å². The van der Waals surface area contributed by atoms with E-state index in [1.54, 1.807) is 12.1 Å². The van der Waals surface area contributed by atoms with Crippen LogP contribution in [0.1, 0.15) is 59.2 Å². The molecule has 4 aromatic carbocycles. The number of phenols is 2. The molecule has 5 N–H and O–H groups in total. The molecule has 1 atom stereocenters. The molecule has 21 heteroatoms. The molecule has 2 amide bonds. The zero-order valence-electron chi connectivity index (χ0n) is 44.2. The number of hydrogen-bond donors (Lipinski definition) is 5. The second-order valence-corrected chi connectivity index (χ2v) is 20.2. The number of alkyl halides is 3. The van der Waals surface area contributed by atoms with Gasteiger partial charge in [0.15, 0.2) is 5.82 Å². The molecule has 2 fully saturated rings. The van der Waals surface area contributed by atoms with Gasteiger partial charge in [0, 0.05) is 120 Å². The largest absolute Gasteiger partial charge is 0.508 e. The van der Waals surface area contributed by atoms with Crippen molar-refractivity contribution in [1.82, 2.24) is 50.1 Å². The van der Waals surface area contributed by atoms with Gasteiger partial charge in [0.1, 0.15) is 29.6 Å². The number of nitrogens with one attached hydrogen (secondary N) is 3. The van der Waals surface area contributed by atoms with E-state index in [0.717, 1.165) is 93.0 Å². The predicted octanol–water partition coefficient (Wildman–Crippen LogP) is 6.35. The van der Waals surface area contributed by atoms with Crippen molar-refractivity contribution in [2.45, 2.75) is 58.3 Å². The zero-order chi connectivity index (χ0) is 54.9. The van der Waals surface area contributed by atoms with Crippen molar-refractivity contribution in [3.63, 3.8) is 0 Å². The fourth-order valence-corrected chi connectivity index (χ4v) is 10.8. The van der Waals surface area contributed by atoms with Gasteiger partial charge in [0.2, 0.25) is 17.7 Å². The topological polar surface area (TPSA) is 200 Å². The molecule has 5 heterocycles. The van der Waals surface area contributed by atoms with Crippen molar-refractivity contribution in [3.05, 3.63) is 120 Å². The Morgan fingerprint density at radius 3 is 2.31 bits per heavy atom. The number of ketones is 1. The van der Waals surface area contributed by atoms with Gasteiger partial charge in [0.25, 0.3) is 5.91 Å². The molecule has 3 aliphatic rings. The number of carbonyl (C=O) groups is 3. The number of piperazine rings is 2. The SMILES string of the molecule is C=CC(=O)N1CCN(c2nc(NCCC(=O)CC(CCNC)CN3CCN(Cc4ccc(-n5c(C(=O)NCC(F)(F)F)nnc5-c5cc(CC)c(O)cc5O)cc4)CC3)nc3c2CCN(c2cccc4ccccc24)C3)CC1. The Hall–Kier alpha value is -7.62. The van der Waals surface area contributed by atoms with Gasteiger partial charge in [0.05, 0.1) is 17.8 Å². The third-order valence-corrected chi connectivity index (χ3v) is 14.9. The number of rotatable bonds is 21. The highest BCUT2D eigenvalue weighted by Gasteiger charge is 2.32. The van der Waals surface area contributed by atoms with Crippen molar-refractivity contribution >= 4 is 45.8 Å². The van der Waals surface area contributed by atoms with Gasteiger partial charge in [-0.15, -0.1) is 10.2 Å². The van der Waals surface area contributed by atoms with Gasteiger partial charge in [-0.25, -0.2) is 4.98 Å². The average Bonchev–Trinajstić information content (AvgIpc) is 4.07. The second-order valence-electron chi connectivity index (χ2n) is 20.2. The summed E-state index contributed by atoms with van der Waals surface area (Å²) >= 11 is 0. The highest BCUT2D eigenvalue weighted by molar-refractivity contribution is 5.95. The first-order chi connectivity index (χ1) is 37.7. The van der Waals surface area contributed by atoms with E-state index in [0.29, 0.717) is 82.3 Å². The minimum atomic E-state index is -4.65. The quantitative estimate of drug-likeness (QED) is 0.0500. The van der Waals surface area contributed by atoms with Crippen LogP contribution in [0.4, 0.5) is 30.6 Å².